The molecule has 1 N–H and O–H groups in total. The molecule has 7 nitrogen and oxygen atoms in total. The van der Waals surface area contributed by atoms with Crippen LogP contribution in [0.15, 0.2) is 58.4 Å². The number of fused-ring (bicyclic) bond motifs is 1. The van der Waals surface area contributed by atoms with Gasteiger partial charge in [-0.05, 0) is 54.7 Å². The predicted molar refractivity (Wildman–Crippen MR) is 135 cm³/mol. The molecule has 0 atom stereocenters. The van der Waals surface area contributed by atoms with Gasteiger partial charge in [0.15, 0.2) is 0 Å². The number of nitrogens with zero attached hydrogens (tertiary/aromatic N) is 2. The third-order valence-electron chi connectivity index (χ3n) is 6.56. The summed E-state index contributed by atoms with van der Waals surface area (Å²) in [5, 5.41) is 0.185. The average Bonchev–Trinajstić information content (AvgIpc) is 3.13. The van der Waals surface area contributed by atoms with Gasteiger partial charge in [-0.15, -0.1) is 0 Å². The maximum Gasteiger partial charge on any atom is 0.264 e. The Kier molecular flexibility index (Phi) is 6.79. The van der Waals surface area contributed by atoms with E-state index in [1.54, 1.807) is 23.1 Å². The van der Waals surface area contributed by atoms with Crippen molar-refractivity contribution in [1.82, 2.24) is 9.88 Å². The first kappa shape index (κ1) is 24.0. The zero-order valence-corrected chi connectivity index (χ0v) is 20.7. The lowest BCUT2D eigenvalue weighted by atomic mass is 10.0. The number of sulfonamides is 1. The van der Waals surface area contributed by atoms with E-state index in [1.807, 2.05) is 12.1 Å². The molecular formula is C26H31N3O4S. The number of hydrogen-bond acceptors (Lipinski definition) is 4. The molecule has 3 aromatic rings. The minimum Gasteiger partial charge on any atom is -0.360 e. The van der Waals surface area contributed by atoms with E-state index < -0.39 is 15.5 Å². The molecule has 0 radical (unpaired) electrons. The van der Waals surface area contributed by atoms with Crippen molar-refractivity contribution in [2.45, 2.75) is 50.3 Å². The lowest BCUT2D eigenvalue weighted by Crippen LogP contribution is -2.35. The molecule has 34 heavy (non-hydrogen) atoms. The second-order valence-corrected chi connectivity index (χ2v) is 11.1. The van der Waals surface area contributed by atoms with Gasteiger partial charge in [0.1, 0.15) is 5.56 Å². The molecule has 1 aliphatic heterocycles. The molecule has 1 saturated heterocycles. The van der Waals surface area contributed by atoms with Crippen LogP contribution in [0.25, 0.3) is 10.9 Å². The van der Waals surface area contributed by atoms with E-state index in [2.05, 4.69) is 18.8 Å². The summed E-state index contributed by atoms with van der Waals surface area (Å²) >= 11 is 0. The van der Waals surface area contributed by atoms with Crippen LogP contribution in [-0.2, 0) is 10.0 Å². The van der Waals surface area contributed by atoms with Crippen LogP contribution in [0.2, 0.25) is 0 Å². The minimum absolute atomic E-state index is 0.000285. The number of benzene rings is 2. The van der Waals surface area contributed by atoms with Gasteiger partial charge in [0, 0.05) is 37.2 Å². The summed E-state index contributed by atoms with van der Waals surface area (Å²) < 4.78 is 27.9. The van der Waals surface area contributed by atoms with E-state index >= 15 is 0 Å². The van der Waals surface area contributed by atoms with Crippen LogP contribution >= 0.6 is 0 Å². The van der Waals surface area contributed by atoms with Gasteiger partial charge in [-0.1, -0.05) is 38.8 Å². The third-order valence-corrected chi connectivity index (χ3v) is 8.34. The van der Waals surface area contributed by atoms with Crippen LogP contribution in [0, 0.1) is 0 Å². The van der Waals surface area contributed by atoms with E-state index in [9.17, 15) is 18.0 Å². The van der Waals surface area contributed by atoms with Crippen molar-refractivity contribution in [3.05, 3.63) is 70.0 Å². The topological polar surface area (TPSA) is 90.6 Å². The van der Waals surface area contributed by atoms with Crippen molar-refractivity contribution in [3.8, 4) is 0 Å². The number of carbonyl (C=O) groups is 1. The Hall–Kier alpha value is -3.13. The van der Waals surface area contributed by atoms with Crippen molar-refractivity contribution >= 4 is 32.5 Å². The number of carbonyl (C=O) groups excluding carboxylic acids is 1. The number of amides is 1. The number of aromatic amines is 1. The SMILES string of the molecule is CC(C)c1ccc(N(C)S(=O)(=O)c2ccc3[nH]cc(C(=O)N4CCCCCC4)c(=O)c3c2)cc1. The number of likely N-dealkylation sites (tertiary alicyclic amines) is 1. The molecule has 1 amide bonds. The highest BCUT2D eigenvalue weighted by Crippen LogP contribution is 2.26. The number of H-pyrrole nitrogens is 1. The molecule has 4 rings (SSSR count). The molecule has 2 heterocycles. The summed E-state index contributed by atoms with van der Waals surface area (Å²) in [6.07, 6.45) is 5.43. The number of rotatable bonds is 5. The van der Waals surface area contributed by atoms with Crippen LogP contribution in [0.4, 0.5) is 5.69 Å². The molecule has 0 aliphatic carbocycles. The fraction of sp³-hybridized carbons (Fsp3) is 0.385. The summed E-state index contributed by atoms with van der Waals surface area (Å²) in [5.41, 5.74) is 1.72. The van der Waals surface area contributed by atoms with Crippen LogP contribution in [0.1, 0.15) is 61.4 Å². The zero-order valence-electron chi connectivity index (χ0n) is 19.9. The molecule has 1 fully saturated rings. The predicted octanol–water partition coefficient (Wildman–Crippen LogP) is 4.49. The second-order valence-electron chi connectivity index (χ2n) is 9.16. The van der Waals surface area contributed by atoms with E-state index in [4.69, 9.17) is 0 Å². The molecule has 1 aromatic heterocycles. The molecule has 1 aliphatic rings. The standard InChI is InChI=1S/C26H31N3O4S/c1-18(2)19-8-10-20(11-9-19)28(3)34(32,33)21-12-13-24-22(16-21)25(30)23(17-27-24)26(31)29-14-6-4-5-7-15-29/h8-13,16-18H,4-7,14-15H2,1-3H3,(H,27,30). The van der Waals surface area contributed by atoms with Crippen LogP contribution in [0.3, 0.4) is 0 Å². The normalized spacial score (nSPS) is 14.9. The van der Waals surface area contributed by atoms with Gasteiger partial charge in [-0.2, -0.15) is 0 Å². The number of pyridine rings is 1. The molecule has 8 heteroatoms. The van der Waals surface area contributed by atoms with Crippen LogP contribution in [-0.4, -0.2) is 44.3 Å². The average molecular weight is 482 g/mol. The Bertz CT molecular complexity index is 1350. The molecular weight excluding hydrogens is 450 g/mol. The zero-order chi connectivity index (χ0) is 24.5. The van der Waals surface area contributed by atoms with Crippen molar-refractivity contribution in [3.63, 3.8) is 0 Å². The fourth-order valence-corrected chi connectivity index (χ4v) is 5.55. The minimum atomic E-state index is -3.91. The second kappa shape index (κ2) is 9.62. The van der Waals surface area contributed by atoms with Crippen LogP contribution in [0.5, 0.6) is 0 Å². The highest BCUT2D eigenvalue weighted by molar-refractivity contribution is 7.92. The van der Waals surface area contributed by atoms with Gasteiger partial charge in [-0.3, -0.25) is 13.9 Å². The van der Waals surface area contributed by atoms with Gasteiger partial charge in [0.05, 0.1) is 10.6 Å². The van der Waals surface area contributed by atoms with Crippen LogP contribution < -0.4 is 9.73 Å². The smallest absolute Gasteiger partial charge is 0.264 e. The Morgan fingerprint density at radius 2 is 1.65 bits per heavy atom. The summed E-state index contributed by atoms with van der Waals surface area (Å²) in [5.74, 6) is 0.0371. The Morgan fingerprint density at radius 3 is 2.26 bits per heavy atom. The first-order valence-electron chi connectivity index (χ1n) is 11.7. The maximum atomic E-state index is 13.3. The van der Waals surface area contributed by atoms with Gasteiger partial charge in [0.2, 0.25) is 5.43 Å². The van der Waals surface area contributed by atoms with E-state index in [-0.39, 0.29) is 21.8 Å². The van der Waals surface area contributed by atoms with Crippen molar-refractivity contribution in [2.75, 3.05) is 24.4 Å². The van der Waals surface area contributed by atoms with Crippen molar-refractivity contribution in [2.24, 2.45) is 0 Å². The highest BCUT2D eigenvalue weighted by atomic mass is 32.2. The number of aromatic nitrogens is 1. The highest BCUT2D eigenvalue weighted by Gasteiger charge is 2.24. The third kappa shape index (κ3) is 4.59. The van der Waals surface area contributed by atoms with Gasteiger partial charge in [-0.25, -0.2) is 8.42 Å². The van der Waals surface area contributed by atoms with Crippen molar-refractivity contribution < 1.29 is 13.2 Å². The molecule has 180 valence electrons. The Morgan fingerprint density at radius 1 is 1.00 bits per heavy atom. The lowest BCUT2D eigenvalue weighted by Gasteiger charge is -2.21. The molecule has 0 unspecified atom stereocenters. The van der Waals surface area contributed by atoms with Gasteiger partial charge in [0.25, 0.3) is 15.9 Å². The molecule has 2 aromatic carbocycles. The number of hydrogen-bond donors (Lipinski definition) is 1. The number of anilines is 1. The monoisotopic (exact) mass is 481 g/mol. The number of nitrogens with one attached hydrogen (secondary N) is 1. The van der Waals surface area contributed by atoms with E-state index in [0.717, 1.165) is 31.2 Å². The molecule has 0 bridgehead atoms. The van der Waals surface area contributed by atoms with E-state index in [1.165, 1.54) is 29.7 Å². The summed E-state index contributed by atoms with van der Waals surface area (Å²) in [7, 11) is -2.41. The molecule has 0 saturated carbocycles. The Labute approximate surface area is 200 Å². The first-order valence-corrected chi connectivity index (χ1v) is 13.2. The largest absolute Gasteiger partial charge is 0.360 e. The fourth-order valence-electron chi connectivity index (χ4n) is 4.33. The Balaban J connectivity index is 1.69. The summed E-state index contributed by atoms with van der Waals surface area (Å²) in [6, 6.07) is 11.8. The van der Waals surface area contributed by atoms with Crippen molar-refractivity contribution in [1.29, 1.82) is 0 Å². The first-order chi connectivity index (χ1) is 16.2. The maximum absolute atomic E-state index is 13.3. The van der Waals surface area contributed by atoms with Gasteiger partial charge >= 0.3 is 0 Å². The lowest BCUT2D eigenvalue weighted by molar-refractivity contribution is 0.0760. The molecule has 0 spiro atoms. The van der Waals surface area contributed by atoms with Gasteiger partial charge < -0.3 is 9.88 Å². The summed E-state index contributed by atoms with van der Waals surface area (Å²) in [4.78, 5) is 31.0. The van der Waals surface area contributed by atoms with E-state index in [0.29, 0.717) is 30.2 Å². The summed E-state index contributed by atoms with van der Waals surface area (Å²) in [6.45, 7) is 5.41. The quantitative estimate of drug-likeness (QED) is 0.581.